The molecular weight excluding hydrogens is 282 g/mol. The van der Waals surface area contributed by atoms with Crippen LogP contribution in [-0.2, 0) is 14.3 Å². The van der Waals surface area contributed by atoms with Gasteiger partial charge in [0, 0.05) is 0 Å². The second-order valence-electron chi connectivity index (χ2n) is 6.29. The van der Waals surface area contributed by atoms with Gasteiger partial charge in [0.1, 0.15) is 11.1 Å². The Morgan fingerprint density at radius 2 is 2.00 bits per heavy atom. The monoisotopic (exact) mass is 305 g/mol. The third kappa shape index (κ3) is 4.27. The number of hydrogen-bond donors (Lipinski definition) is 1. The second kappa shape index (κ2) is 6.66. The Labute approximate surface area is 125 Å². The summed E-state index contributed by atoms with van der Waals surface area (Å²) >= 11 is 5.48. The maximum absolute atomic E-state index is 12.3. The molecule has 2 unspecified atom stereocenters. The summed E-state index contributed by atoms with van der Waals surface area (Å²) in [4.78, 5) is 24.3. The number of halogens is 1. The van der Waals surface area contributed by atoms with E-state index in [-0.39, 0.29) is 12.0 Å². The van der Waals surface area contributed by atoms with Crippen molar-refractivity contribution in [2.75, 3.05) is 6.07 Å². The van der Waals surface area contributed by atoms with E-state index in [0.717, 1.165) is 19.3 Å². The largest absolute Gasteiger partial charge is 0.448 e. The lowest BCUT2D eigenvalue weighted by atomic mass is 9.73. The van der Waals surface area contributed by atoms with Crippen LogP contribution in [0.4, 0.5) is 4.79 Å². The van der Waals surface area contributed by atoms with E-state index in [9.17, 15) is 9.59 Å². The van der Waals surface area contributed by atoms with Crippen LogP contribution in [0.25, 0.3) is 0 Å². The first-order valence-corrected chi connectivity index (χ1v) is 7.49. The highest BCUT2D eigenvalue weighted by Gasteiger charge is 2.48. The van der Waals surface area contributed by atoms with E-state index in [0.29, 0.717) is 6.42 Å². The van der Waals surface area contributed by atoms with E-state index >= 15 is 0 Å². The van der Waals surface area contributed by atoms with Gasteiger partial charge in [-0.15, -0.1) is 0 Å². The first-order chi connectivity index (χ1) is 9.21. The quantitative estimate of drug-likeness (QED) is 0.642. The van der Waals surface area contributed by atoms with Gasteiger partial charge in [0.2, 0.25) is 0 Å². The topological polar surface area (TPSA) is 64.6 Å². The Morgan fingerprint density at radius 1 is 1.35 bits per heavy atom. The molecule has 2 atom stereocenters. The zero-order chi connectivity index (χ0) is 15.4. The summed E-state index contributed by atoms with van der Waals surface area (Å²) in [6, 6.07) is -0.219. The summed E-state index contributed by atoms with van der Waals surface area (Å²) in [6.07, 6.45) is 2.69. The maximum Gasteiger partial charge on any atom is 0.408 e. The van der Waals surface area contributed by atoms with Crippen molar-refractivity contribution in [2.24, 2.45) is 5.92 Å². The van der Waals surface area contributed by atoms with E-state index in [1.54, 1.807) is 20.8 Å². The van der Waals surface area contributed by atoms with Gasteiger partial charge in [-0.1, -0.05) is 31.4 Å². The fraction of sp³-hybridized carbons (Fsp3) is 0.857. The predicted octanol–water partition coefficient (Wildman–Crippen LogP) is 3.20. The van der Waals surface area contributed by atoms with Gasteiger partial charge >= 0.3 is 12.1 Å². The Bertz CT molecular complexity index is 367. The van der Waals surface area contributed by atoms with E-state index in [1.807, 2.05) is 6.92 Å². The van der Waals surface area contributed by atoms with Crippen LogP contribution >= 0.6 is 11.6 Å². The highest BCUT2D eigenvalue weighted by atomic mass is 35.5. The lowest BCUT2D eigenvalue weighted by Gasteiger charge is -2.40. The molecule has 1 amide bonds. The van der Waals surface area contributed by atoms with Gasteiger partial charge in [-0.25, -0.2) is 9.59 Å². The number of nitrogens with one attached hydrogen (secondary N) is 1. The molecule has 0 spiro atoms. The van der Waals surface area contributed by atoms with E-state index in [2.05, 4.69) is 5.32 Å². The number of rotatable bonds is 3. The summed E-state index contributed by atoms with van der Waals surface area (Å²) in [5.41, 5.74) is -1.64. The number of esters is 1. The van der Waals surface area contributed by atoms with Crippen LogP contribution in [0.3, 0.4) is 0 Å². The van der Waals surface area contributed by atoms with Crippen LogP contribution in [0, 0.1) is 5.92 Å². The van der Waals surface area contributed by atoms with E-state index in [4.69, 9.17) is 21.1 Å². The molecule has 0 aliphatic heterocycles. The summed E-state index contributed by atoms with van der Waals surface area (Å²) < 4.78 is 10.2. The zero-order valence-electron chi connectivity index (χ0n) is 12.6. The van der Waals surface area contributed by atoms with Crippen molar-refractivity contribution in [1.29, 1.82) is 0 Å². The van der Waals surface area contributed by atoms with Crippen LogP contribution in [-0.4, -0.2) is 29.3 Å². The first kappa shape index (κ1) is 17.1. The van der Waals surface area contributed by atoms with Crippen LogP contribution in [0.1, 0.15) is 53.4 Å². The third-order valence-corrected chi connectivity index (χ3v) is 3.68. The van der Waals surface area contributed by atoms with Gasteiger partial charge < -0.3 is 14.8 Å². The maximum atomic E-state index is 12.3. The van der Waals surface area contributed by atoms with E-state index < -0.39 is 23.2 Å². The normalized spacial score (nSPS) is 26.8. The van der Waals surface area contributed by atoms with Gasteiger partial charge in [-0.2, -0.15) is 0 Å². The van der Waals surface area contributed by atoms with Crippen LogP contribution in [0.2, 0.25) is 0 Å². The molecule has 5 nitrogen and oxygen atoms in total. The van der Waals surface area contributed by atoms with Gasteiger partial charge in [-0.3, -0.25) is 0 Å². The Balaban J connectivity index is 2.88. The number of hydrogen-bond acceptors (Lipinski definition) is 4. The molecule has 0 aromatic heterocycles. The summed E-state index contributed by atoms with van der Waals surface area (Å²) in [6.45, 7) is 7.27. The molecule has 6 heteroatoms. The SMILES string of the molecule is CC1CCCCC1(NC(=O)OC(C)(C)C)C(=O)OCCl. The molecule has 1 aliphatic rings. The summed E-state index contributed by atoms with van der Waals surface area (Å²) in [5, 5.41) is 2.73. The van der Waals surface area contributed by atoms with Gasteiger partial charge in [-0.05, 0) is 39.5 Å². The van der Waals surface area contributed by atoms with Crippen molar-refractivity contribution in [3.63, 3.8) is 0 Å². The fourth-order valence-electron chi connectivity index (χ4n) is 2.55. The predicted molar refractivity (Wildman–Crippen MR) is 76.5 cm³/mol. The number of alkyl halides is 1. The van der Waals surface area contributed by atoms with Crippen molar-refractivity contribution in [2.45, 2.75) is 64.5 Å². The highest BCUT2D eigenvalue weighted by Crippen LogP contribution is 2.35. The number of amides is 1. The molecule has 0 heterocycles. The number of carbonyl (C=O) groups is 2. The molecule has 0 bridgehead atoms. The van der Waals surface area contributed by atoms with Crippen LogP contribution in [0.5, 0.6) is 0 Å². The molecule has 1 N–H and O–H groups in total. The fourth-order valence-corrected chi connectivity index (χ4v) is 2.65. The average molecular weight is 306 g/mol. The minimum Gasteiger partial charge on any atom is -0.448 e. The van der Waals surface area contributed by atoms with Gasteiger partial charge in [0.25, 0.3) is 0 Å². The first-order valence-electron chi connectivity index (χ1n) is 6.95. The lowest BCUT2D eigenvalue weighted by molar-refractivity contribution is -0.153. The molecular formula is C14H24ClNO4. The highest BCUT2D eigenvalue weighted by molar-refractivity contribution is 6.17. The number of carbonyl (C=O) groups excluding carboxylic acids is 2. The zero-order valence-corrected chi connectivity index (χ0v) is 13.4. The number of alkyl carbamates (subject to hydrolysis) is 1. The molecule has 116 valence electrons. The molecule has 0 aromatic carbocycles. The third-order valence-electron chi connectivity index (χ3n) is 3.57. The lowest BCUT2D eigenvalue weighted by Crippen LogP contribution is -2.61. The molecule has 1 aliphatic carbocycles. The Hall–Kier alpha value is -0.970. The molecule has 0 aromatic rings. The second-order valence-corrected chi connectivity index (χ2v) is 6.50. The van der Waals surface area contributed by atoms with Crippen molar-refractivity contribution >= 4 is 23.7 Å². The molecule has 20 heavy (non-hydrogen) atoms. The number of ether oxygens (including phenoxy) is 2. The van der Waals surface area contributed by atoms with Crippen LogP contribution < -0.4 is 5.32 Å². The molecule has 1 fully saturated rings. The average Bonchev–Trinajstić information content (AvgIpc) is 2.30. The summed E-state index contributed by atoms with van der Waals surface area (Å²) in [5.74, 6) is -0.495. The van der Waals surface area contributed by atoms with E-state index in [1.165, 1.54) is 0 Å². The smallest absolute Gasteiger partial charge is 0.408 e. The van der Waals surface area contributed by atoms with Gasteiger partial charge in [0.15, 0.2) is 6.07 Å². The van der Waals surface area contributed by atoms with Crippen LogP contribution in [0.15, 0.2) is 0 Å². The molecule has 0 saturated heterocycles. The minimum absolute atomic E-state index is 0.0144. The summed E-state index contributed by atoms with van der Waals surface area (Å²) in [7, 11) is 0. The molecule has 0 radical (unpaired) electrons. The Morgan fingerprint density at radius 3 is 2.50 bits per heavy atom. The van der Waals surface area contributed by atoms with Gasteiger partial charge in [0.05, 0.1) is 0 Å². The molecule has 1 saturated carbocycles. The van der Waals surface area contributed by atoms with Crippen molar-refractivity contribution in [3.8, 4) is 0 Å². The van der Waals surface area contributed by atoms with Crippen molar-refractivity contribution in [1.82, 2.24) is 5.32 Å². The van der Waals surface area contributed by atoms with Crippen molar-refractivity contribution in [3.05, 3.63) is 0 Å². The standard InChI is InChI=1S/C14H24ClNO4/c1-10-7-5-6-8-14(10,11(17)19-9-15)16-12(18)20-13(2,3)4/h10H,5-9H2,1-4H3,(H,16,18). The van der Waals surface area contributed by atoms with Crippen molar-refractivity contribution < 1.29 is 19.1 Å². The minimum atomic E-state index is -1.03. The Kier molecular flexibility index (Phi) is 5.68. The molecule has 1 rings (SSSR count).